The number of carbonyl (C=O) groups excluding carboxylic acids is 2. The molecule has 5 nitrogen and oxygen atoms in total. The molecule has 1 aliphatic rings. The van der Waals surface area contributed by atoms with Crippen molar-refractivity contribution in [1.82, 2.24) is 4.90 Å². The van der Waals surface area contributed by atoms with Gasteiger partial charge in [0.2, 0.25) is 5.91 Å². The molecule has 2 atom stereocenters. The van der Waals surface area contributed by atoms with Crippen LogP contribution in [0.2, 0.25) is 0 Å². The number of anilines is 1. The molecule has 2 amide bonds. The SMILES string of the molecule is CC(=O)Nc1ccccc1C(=O)N1C[C@@H](C)O[C@@H](C)C1. The Balaban J connectivity index is 2.22. The minimum absolute atomic E-state index is 0.0237. The van der Waals surface area contributed by atoms with Crippen molar-refractivity contribution in [2.75, 3.05) is 18.4 Å². The van der Waals surface area contributed by atoms with Crippen LogP contribution in [0, 0.1) is 0 Å². The molecule has 2 rings (SSSR count). The zero-order chi connectivity index (χ0) is 14.7. The van der Waals surface area contributed by atoms with Gasteiger partial charge in [-0.2, -0.15) is 0 Å². The second-order valence-electron chi connectivity index (χ2n) is 5.19. The summed E-state index contributed by atoms with van der Waals surface area (Å²) in [4.78, 5) is 25.6. The molecule has 0 spiro atoms. The average Bonchev–Trinajstić information content (AvgIpc) is 2.36. The lowest BCUT2D eigenvalue weighted by atomic mass is 10.1. The number of ether oxygens (including phenoxy) is 1. The molecule has 1 heterocycles. The Labute approximate surface area is 118 Å². The predicted molar refractivity (Wildman–Crippen MR) is 76.7 cm³/mol. The molecule has 0 radical (unpaired) electrons. The fourth-order valence-corrected chi connectivity index (χ4v) is 2.48. The van der Waals surface area contributed by atoms with E-state index in [2.05, 4.69) is 5.32 Å². The molecule has 0 aliphatic carbocycles. The summed E-state index contributed by atoms with van der Waals surface area (Å²) in [7, 11) is 0. The summed E-state index contributed by atoms with van der Waals surface area (Å²) >= 11 is 0. The molecule has 0 unspecified atom stereocenters. The lowest BCUT2D eigenvalue weighted by molar-refractivity contribution is -0.114. The number of morpholine rings is 1. The largest absolute Gasteiger partial charge is 0.372 e. The van der Waals surface area contributed by atoms with Crippen LogP contribution in [0.3, 0.4) is 0 Å². The summed E-state index contributed by atoms with van der Waals surface area (Å²) in [5.74, 6) is -0.259. The van der Waals surface area contributed by atoms with E-state index < -0.39 is 0 Å². The van der Waals surface area contributed by atoms with Crippen LogP contribution in [-0.2, 0) is 9.53 Å². The third-order valence-electron chi connectivity index (χ3n) is 3.17. The first kappa shape index (κ1) is 14.5. The zero-order valence-corrected chi connectivity index (χ0v) is 12.1. The van der Waals surface area contributed by atoms with Gasteiger partial charge in [0.05, 0.1) is 23.5 Å². The second-order valence-corrected chi connectivity index (χ2v) is 5.19. The molecule has 1 aliphatic heterocycles. The van der Waals surface area contributed by atoms with E-state index in [1.165, 1.54) is 6.92 Å². The molecule has 1 N–H and O–H groups in total. The molecular weight excluding hydrogens is 256 g/mol. The Hall–Kier alpha value is -1.88. The molecule has 0 bridgehead atoms. The Kier molecular flexibility index (Phi) is 4.39. The number of nitrogens with zero attached hydrogens (tertiary/aromatic N) is 1. The Morgan fingerprint density at radius 3 is 2.40 bits per heavy atom. The van der Waals surface area contributed by atoms with Gasteiger partial charge in [-0.25, -0.2) is 0 Å². The van der Waals surface area contributed by atoms with Gasteiger partial charge in [0, 0.05) is 20.0 Å². The van der Waals surface area contributed by atoms with Gasteiger partial charge in [0.15, 0.2) is 0 Å². The molecule has 1 aromatic carbocycles. The molecule has 5 heteroatoms. The maximum atomic E-state index is 12.6. The number of para-hydroxylation sites is 1. The second kappa shape index (κ2) is 6.05. The summed E-state index contributed by atoms with van der Waals surface area (Å²) in [5.41, 5.74) is 1.07. The van der Waals surface area contributed by atoms with Crippen molar-refractivity contribution >= 4 is 17.5 Å². The van der Waals surface area contributed by atoms with E-state index in [9.17, 15) is 9.59 Å². The summed E-state index contributed by atoms with van der Waals surface area (Å²) in [5, 5.41) is 2.70. The first-order chi connectivity index (χ1) is 9.47. The Morgan fingerprint density at radius 2 is 1.80 bits per heavy atom. The molecule has 0 aromatic heterocycles. The summed E-state index contributed by atoms with van der Waals surface area (Å²) in [6.07, 6.45) is 0.0475. The van der Waals surface area contributed by atoms with Gasteiger partial charge in [-0.3, -0.25) is 9.59 Å². The first-order valence-electron chi connectivity index (χ1n) is 6.78. The molecule has 1 saturated heterocycles. The number of carbonyl (C=O) groups is 2. The minimum atomic E-state index is -0.186. The molecule has 1 fully saturated rings. The summed E-state index contributed by atoms with van der Waals surface area (Å²) in [6, 6.07) is 7.07. The quantitative estimate of drug-likeness (QED) is 0.897. The van der Waals surface area contributed by atoms with Crippen molar-refractivity contribution in [3.05, 3.63) is 29.8 Å². The smallest absolute Gasteiger partial charge is 0.256 e. The summed E-state index contributed by atoms with van der Waals surface area (Å²) in [6.45, 7) is 6.47. The van der Waals surface area contributed by atoms with E-state index in [4.69, 9.17) is 4.74 Å². The molecular formula is C15H20N2O3. The maximum Gasteiger partial charge on any atom is 0.256 e. The lowest BCUT2D eigenvalue weighted by Crippen LogP contribution is -2.48. The van der Waals surface area contributed by atoms with Crippen molar-refractivity contribution in [1.29, 1.82) is 0 Å². The standard InChI is InChI=1S/C15H20N2O3/c1-10-8-17(9-11(2)20-10)15(19)13-6-4-5-7-14(13)16-12(3)18/h4-7,10-11H,8-9H2,1-3H3,(H,16,18)/t10-,11+. The van der Waals surface area contributed by atoms with Gasteiger partial charge in [0.25, 0.3) is 5.91 Å². The number of rotatable bonds is 2. The van der Waals surface area contributed by atoms with Crippen molar-refractivity contribution in [2.24, 2.45) is 0 Å². The molecule has 1 aromatic rings. The monoisotopic (exact) mass is 276 g/mol. The maximum absolute atomic E-state index is 12.6. The normalized spacial score (nSPS) is 22.4. The first-order valence-corrected chi connectivity index (χ1v) is 6.78. The van der Waals surface area contributed by atoms with E-state index in [0.717, 1.165) is 0 Å². The Morgan fingerprint density at radius 1 is 1.20 bits per heavy atom. The van der Waals surface area contributed by atoms with Gasteiger partial charge >= 0.3 is 0 Å². The van der Waals surface area contributed by atoms with Crippen molar-refractivity contribution in [3.8, 4) is 0 Å². The van der Waals surface area contributed by atoms with Crippen LogP contribution in [0.25, 0.3) is 0 Å². The van der Waals surface area contributed by atoms with Gasteiger partial charge in [-0.15, -0.1) is 0 Å². The molecule has 108 valence electrons. The van der Waals surface area contributed by atoms with Crippen molar-refractivity contribution in [2.45, 2.75) is 33.0 Å². The zero-order valence-electron chi connectivity index (χ0n) is 12.1. The van der Waals surface area contributed by atoms with E-state index in [-0.39, 0.29) is 24.0 Å². The predicted octanol–water partition coefficient (Wildman–Crippen LogP) is 1.89. The topological polar surface area (TPSA) is 58.6 Å². The van der Waals surface area contributed by atoms with E-state index >= 15 is 0 Å². The van der Waals surface area contributed by atoms with Gasteiger partial charge in [-0.05, 0) is 26.0 Å². The van der Waals surface area contributed by atoms with E-state index in [1.54, 1.807) is 29.2 Å². The minimum Gasteiger partial charge on any atom is -0.372 e. The third-order valence-corrected chi connectivity index (χ3v) is 3.17. The van der Waals surface area contributed by atoms with Crippen LogP contribution in [0.5, 0.6) is 0 Å². The number of hydrogen-bond donors (Lipinski definition) is 1. The average molecular weight is 276 g/mol. The fraction of sp³-hybridized carbons (Fsp3) is 0.467. The van der Waals surface area contributed by atoms with Crippen molar-refractivity contribution < 1.29 is 14.3 Å². The van der Waals surface area contributed by atoms with Crippen LogP contribution in [0.4, 0.5) is 5.69 Å². The molecule has 20 heavy (non-hydrogen) atoms. The number of benzene rings is 1. The number of amides is 2. The highest BCUT2D eigenvalue weighted by Crippen LogP contribution is 2.20. The third kappa shape index (κ3) is 3.36. The number of hydrogen-bond acceptors (Lipinski definition) is 3. The van der Waals surface area contributed by atoms with E-state index in [0.29, 0.717) is 24.3 Å². The van der Waals surface area contributed by atoms with Gasteiger partial charge in [0.1, 0.15) is 0 Å². The number of nitrogens with one attached hydrogen (secondary N) is 1. The van der Waals surface area contributed by atoms with Crippen LogP contribution >= 0.6 is 0 Å². The van der Waals surface area contributed by atoms with Crippen molar-refractivity contribution in [3.63, 3.8) is 0 Å². The van der Waals surface area contributed by atoms with Gasteiger partial charge < -0.3 is 15.0 Å². The highest BCUT2D eigenvalue weighted by molar-refractivity contribution is 6.03. The highest BCUT2D eigenvalue weighted by atomic mass is 16.5. The fourth-order valence-electron chi connectivity index (χ4n) is 2.48. The molecule has 0 saturated carbocycles. The lowest BCUT2D eigenvalue weighted by Gasteiger charge is -2.35. The van der Waals surface area contributed by atoms with Crippen LogP contribution in [-0.4, -0.2) is 42.0 Å². The van der Waals surface area contributed by atoms with Crippen LogP contribution in [0.1, 0.15) is 31.1 Å². The Bertz CT molecular complexity index is 506. The van der Waals surface area contributed by atoms with E-state index in [1.807, 2.05) is 13.8 Å². The van der Waals surface area contributed by atoms with Crippen LogP contribution in [0.15, 0.2) is 24.3 Å². The highest BCUT2D eigenvalue weighted by Gasteiger charge is 2.27. The van der Waals surface area contributed by atoms with Gasteiger partial charge in [-0.1, -0.05) is 12.1 Å². The summed E-state index contributed by atoms with van der Waals surface area (Å²) < 4.78 is 5.63. The van der Waals surface area contributed by atoms with Crippen LogP contribution < -0.4 is 5.32 Å².